The number of amides is 1. The number of carbonyl (C=O) groups is 2. The second-order valence-electron chi connectivity index (χ2n) is 6.70. The second-order valence-corrected chi connectivity index (χ2v) is 7.70. The summed E-state index contributed by atoms with van der Waals surface area (Å²) in [6.45, 7) is 8.18. The van der Waals surface area contributed by atoms with E-state index in [1.165, 1.54) is 11.3 Å². The Morgan fingerprint density at radius 2 is 2.00 bits per heavy atom. The van der Waals surface area contributed by atoms with Gasteiger partial charge in [0.05, 0.1) is 23.6 Å². The Labute approximate surface area is 162 Å². The van der Waals surface area contributed by atoms with Crippen molar-refractivity contribution in [3.05, 3.63) is 35.0 Å². The molecular formula is C19H23N3O4S. The third-order valence-corrected chi connectivity index (χ3v) is 5.39. The summed E-state index contributed by atoms with van der Waals surface area (Å²) in [6, 6.07) is 5.52. The number of morpholine rings is 1. The van der Waals surface area contributed by atoms with Crippen molar-refractivity contribution in [1.29, 1.82) is 0 Å². The summed E-state index contributed by atoms with van der Waals surface area (Å²) in [5, 5.41) is 0.648. The molecule has 3 heterocycles. The number of hydrogen-bond acceptors (Lipinski definition) is 7. The zero-order valence-electron chi connectivity index (χ0n) is 15.8. The number of esters is 1. The summed E-state index contributed by atoms with van der Waals surface area (Å²) in [4.78, 5) is 35.9. The van der Waals surface area contributed by atoms with Crippen molar-refractivity contribution in [3.8, 4) is 10.7 Å². The number of pyridine rings is 1. The van der Waals surface area contributed by atoms with E-state index in [4.69, 9.17) is 9.47 Å². The maximum absolute atomic E-state index is 12.6. The second kappa shape index (κ2) is 8.14. The zero-order chi connectivity index (χ0) is 19.6. The van der Waals surface area contributed by atoms with Crippen molar-refractivity contribution in [1.82, 2.24) is 14.9 Å². The number of ether oxygens (including phenoxy) is 2. The molecule has 27 heavy (non-hydrogen) atoms. The lowest BCUT2D eigenvalue weighted by Crippen LogP contribution is -2.51. The molecule has 1 saturated heterocycles. The van der Waals surface area contributed by atoms with Crippen molar-refractivity contribution >= 4 is 23.2 Å². The Balaban J connectivity index is 1.68. The Kier molecular flexibility index (Phi) is 5.86. The average Bonchev–Trinajstić information content (AvgIpc) is 3.03. The number of thiazole rings is 1. The molecule has 3 rings (SSSR count). The minimum Gasteiger partial charge on any atom is -0.448 e. The van der Waals surface area contributed by atoms with Crippen LogP contribution in [0.3, 0.4) is 0 Å². The topological polar surface area (TPSA) is 81.6 Å². The predicted molar refractivity (Wildman–Crippen MR) is 102 cm³/mol. The van der Waals surface area contributed by atoms with Crippen LogP contribution in [0, 0.1) is 6.92 Å². The third kappa shape index (κ3) is 4.51. The number of carbonyl (C=O) groups excluding carboxylic acids is 2. The number of rotatable bonds is 4. The summed E-state index contributed by atoms with van der Waals surface area (Å²) in [5.41, 5.74) is 1.27. The SMILES string of the molecule is Cc1nc(-c2ccccn2)sc1C(=O)O[C@H](C)C(=O)N1C[C@H](C)O[C@@H](C)C1. The van der Waals surface area contributed by atoms with Gasteiger partial charge < -0.3 is 14.4 Å². The Morgan fingerprint density at radius 1 is 1.30 bits per heavy atom. The van der Waals surface area contributed by atoms with Gasteiger partial charge in [-0.1, -0.05) is 6.07 Å². The van der Waals surface area contributed by atoms with Crippen LogP contribution in [-0.4, -0.2) is 58.1 Å². The number of aryl methyl sites for hydroxylation is 1. The van der Waals surface area contributed by atoms with Crippen LogP contribution in [0.2, 0.25) is 0 Å². The highest BCUT2D eigenvalue weighted by Gasteiger charge is 2.31. The Hall–Kier alpha value is -2.32. The highest BCUT2D eigenvalue weighted by molar-refractivity contribution is 7.17. The summed E-state index contributed by atoms with van der Waals surface area (Å²) in [7, 11) is 0. The predicted octanol–water partition coefficient (Wildman–Crippen LogP) is 2.69. The highest BCUT2D eigenvalue weighted by Crippen LogP contribution is 2.27. The fraction of sp³-hybridized carbons (Fsp3) is 0.474. The van der Waals surface area contributed by atoms with Crippen LogP contribution < -0.4 is 0 Å². The standard InChI is InChI=1S/C19H23N3O4S/c1-11-9-22(10-12(2)25-11)18(23)14(4)26-19(24)16-13(3)21-17(27-16)15-7-5-6-8-20-15/h5-8,11-12,14H,9-10H2,1-4H3/t11-,12-,14+/m0/s1. The van der Waals surface area contributed by atoms with Crippen LogP contribution in [0.4, 0.5) is 0 Å². The van der Waals surface area contributed by atoms with E-state index in [0.717, 1.165) is 0 Å². The lowest BCUT2D eigenvalue weighted by Gasteiger charge is -2.36. The van der Waals surface area contributed by atoms with Gasteiger partial charge in [-0.05, 0) is 39.8 Å². The van der Waals surface area contributed by atoms with E-state index in [2.05, 4.69) is 9.97 Å². The molecule has 1 fully saturated rings. The molecule has 1 aliphatic rings. The van der Waals surface area contributed by atoms with Crippen LogP contribution in [0.1, 0.15) is 36.1 Å². The van der Waals surface area contributed by atoms with Gasteiger partial charge in [0.15, 0.2) is 6.10 Å². The van der Waals surface area contributed by atoms with Crippen molar-refractivity contribution < 1.29 is 19.1 Å². The quantitative estimate of drug-likeness (QED) is 0.748. The van der Waals surface area contributed by atoms with E-state index >= 15 is 0 Å². The minimum atomic E-state index is -0.866. The molecule has 1 aliphatic heterocycles. The molecule has 1 amide bonds. The Morgan fingerprint density at radius 3 is 2.63 bits per heavy atom. The van der Waals surface area contributed by atoms with Gasteiger partial charge in [0.25, 0.3) is 5.91 Å². The van der Waals surface area contributed by atoms with E-state index in [9.17, 15) is 9.59 Å². The number of hydrogen-bond donors (Lipinski definition) is 0. The molecule has 0 aliphatic carbocycles. The van der Waals surface area contributed by atoms with Crippen LogP contribution >= 0.6 is 11.3 Å². The first-order chi connectivity index (χ1) is 12.8. The van der Waals surface area contributed by atoms with E-state index in [-0.39, 0.29) is 18.1 Å². The highest BCUT2D eigenvalue weighted by atomic mass is 32.1. The van der Waals surface area contributed by atoms with Crippen LogP contribution in [-0.2, 0) is 14.3 Å². The molecule has 0 saturated carbocycles. The molecular weight excluding hydrogens is 366 g/mol. The average molecular weight is 389 g/mol. The van der Waals surface area contributed by atoms with Gasteiger partial charge >= 0.3 is 5.97 Å². The maximum atomic E-state index is 12.6. The number of aromatic nitrogens is 2. The molecule has 0 unspecified atom stereocenters. The summed E-state index contributed by atoms with van der Waals surface area (Å²) < 4.78 is 11.1. The Bertz CT molecular complexity index is 814. The minimum absolute atomic E-state index is 0.0368. The molecule has 0 spiro atoms. The maximum Gasteiger partial charge on any atom is 0.351 e. The van der Waals surface area contributed by atoms with Crippen LogP contribution in [0.5, 0.6) is 0 Å². The van der Waals surface area contributed by atoms with E-state index in [0.29, 0.717) is 34.4 Å². The monoisotopic (exact) mass is 389 g/mol. The summed E-state index contributed by atoms with van der Waals surface area (Å²) >= 11 is 1.22. The lowest BCUT2D eigenvalue weighted by atomic mass is 10.2. The molecule has 2 aromatic rings. The van der Waals surface area contributed by atoms with Gasteiger partial charge in [0.1, 0.15) is 9.88 Å². The van der Waals surface area contributed by atoms with Crippen LogP contribution in [0.25, 0.3) is 10.7 Å². The van der Waals surface area contributed by atoms with E-state index in [1.807, 2.05) is 32.0 Å². The largest absolute Gasteiger partial charge is 0.448 e. The van der Waals surface area contributed by atoms with Gasteiger partial charge in [0.2, 0.25) is 0 Å². The zero-order valence-corrected chi connectivity index (χ0v) is 16.7. The molecule has 3 atom stereocenters. The third-order valence-electron chi connectivity index (χ3n) is 4.23. The molecule has 0 aromatic carbocycles. The van der Waals surface area contributed by atoms with Gasteiger partial charge in [-0.15, -0.1) is 11.3 Å². The molecule has 8 heteroatoms. The van der Waals surface area contributed by atoms with Crippen LogP contribution in [0.15, 0.2) is 24.4 Å². The first-order valence-corrected chi connectivity index (χ1v) is 9.71. The fourth-order valence-electron chi connectivity index (χ4n) is 3.06. The lowest BCUT2D eigenvalue weighted by molar-refractivity contribution is -0.151. The first-order valence-electron chi connectivity index (χ1n) is 8.89. The molecule has 2 aromatic heterocycles. The van der Waals surface area contributed by atoms with E-state index in [1.54, 1.807) is 24.9 Å². The summed E-state index contributed by atoms with van der Waals surface area (Å²) in [5.74, 6) is -0.750. The number of nitrogens with zero attached hydrogens (tertiary/aromatic N) is 3. The van der Waals surface area contributed by atoms with Crippen molar-refractivity contribution in [2.24, 2.45) is 0 Å². The normalized spacial score (nSPS) is 21.0. The molecule has 0 radical (unpaired) electrons. The fourth-order valence-corrected chi connectivity index (χ4v) is 3.99. The summed E-state index contributed by atoms with van der Waals surface area (Å²) in [6.07, 6.45) is 0.736. The van der Waals surface area contributed by atoms with Gasteiger partial charge in [-0.2, -0.15) is 0 Å². The molecule has 0 N–H and O–H groups in total. The first kappa shape index (κ1) is 19.4. The van der Waals surface area contributed by atoms with Gasteiger partial charge in [-0.25, -0.2) is 9.78 Å². The van der Waals surface area contributed by atoms with E-state index < -0.39 is 12.1 Å². The van der Waals surface area contributed by atoms with Crippen molar-refractivity contribution in [2.45, 2.75) is 46.0 Å². The van der Waals surface area contributed by atoms with Gasteiger partial charge in [-0.3, -0.25) is 9.78 Å². The molecule has 0 bridgehead atoms. The van der Waals surface area contributed by atoms with Gasteiger partial charge in [0, 0.05) is 19.3 Å². The van der Waals surface area contributed by atoms with Crippen molar-refractivity contribution in [2.75, 3.05) is 13.1 Å². The smallest absolute Gasteiger partial charge is 0.351 e. The molecule has 7 nitrogen and oxygen atoms in total. The molecule has 144 valence electrons. The van der Waals surface area contributed by atoms with Crippen molar-refractivity contribution in [3.63, 3.8) is 0 Å².